The molecule has 1 N–H and O–H groups in total. The molecule has 1 saturated carbocycles. The van der Waals surface area contributed by atoms with Crippen molar-refractivity contribution in [3.63, 3.8) is 0 Å². The van der Waals surface area contributed by atoms with Gasteiger partial charge in [-0.15, -0.1) is 0 Å². The standard InChI is InChI=1S/C17H22FNO3/c1-15(2,3)22-14(20)19-10-16(11-19)7-8-17(16,21)12-5-4-6-13(18)9-12/h4-6,9,21H,7-8,10-11H2,1-3H3. The fourth-order valence-corrected chi connectivity index (χ4v) is 3.47. The molecule has 1 spiro atoms. The molecule has 1 aromatic rings. The lowest BCUT2D eigenvalue weighted by Crippen LogP contribution is -2.72. The Kier molecular flexibility index (Phi) is 3.25. The van der Waals surface area contributed by atoms with E-state index in [0.29, 0.717) is 25.1 Å². The Hall–Kier alpha value is -1.62. The van der Waals surface area contributed by atoms with Gasteiger partial charge in [0.1, 0.15) is 11.4 Å². The van der Waals surface area contributed by atoms with Gasteiger partial charge in [-0.25, -0.2) is 9.18 Å². The first-order chi connectivity index (χ1) is 10.2. The Labute approximate surface area is 129 Å². The minimum Gasteiger partial charge on any atom is -0.444 e. The van der Waals surface area contributed by atoms with Gasteiger partial charge in [0.2, 0.25) is 0 Å². The molecule has 2 aliphatic rings. The number of rotatable bonds is 1. The first-order valence-corrected chi connectivity index (χ1v) is 7.62. The van der Waals surface area contributed by atoms with E-state index in [-0.39, 0.29) is 17.3 Å². The molecule has 2 fully saturated rings. The SMILES string of the molecule is CC(C)(C)OC(=O)N1CC2(CCC2(O)c2cccc(F)c2)C1. The van der Waals surface area contributed by atoms with E-state index in [2.05, 4.69) is 0 Å². The molecule has 0 aromatic heterocycles. The van der Waals surface area contributed by atoms with Crippen LogP contribution in [0, 0.1) is 11.2 Å². The largest absolute Gasteiger partial charge is 0.444 e. The Morgan fingerprint density at radius 1 is 1.32 bits per heavy atom. The molecule has 4 nitrogen and oxygen atoms in total. The number of hydrogen-bond donors (Lipinski definition) is 1. The van der Waals surface area contributed by atoms with Crippen molar-refractivity contribution in [2.75, 3.05) is 13.1 Å². The van der Waals surface area contributed by atoms with E-state index in [1.807, 2.05) is 20.8 Å². The summed E-state index contributed by atoms with van der Waals surface area (Å²) in [5.41, 5.74) is -1.34. The van der Waals surface area contributed by atoms with Crippen molar-refractivity contribution in [2.45, 2.75) is 44.8 Å². The summed E-state index contributed by atoms with van der Waals surface area (Å²) in [5, 5.41) is 11.0. The fourth-order valence-electron chi connectivity index (χ4n) is 3.47. The lowest BCUT2D eigenvalue weighted by Gasteiger charge is -2.64. The Bertz CT molecular complexity index is 604. The molecule has 120 valence electrons. The smallest absolute Gasteiger partial charge is 0.410 e. The van der Waals surface area contributed by atoms with Crippen LogP contribution in [0.2, 0.25) is 0 Å². The summed E-state index contributed by atoms with van der Waals surface area (Å²) in [6.07, 6.45) is 1.07. The van der Waals surface area contributed by atoms with Gasteiger partial charge in [0.15, 0.2) is 0 Å². The molecule has 1 amide bonds. The first kappa shape index (κ1) is 15.3. The number of halogens is 1. The number of carbonyl (C=O) groups is 1. The maximum atomic E-state index is 13.4. The Morgan fingerprint density at radius 2 is 2.00 bits per heavy atom. The normalized spacial score (nSPS) is 26.3. The highest BCUT2D eigenvalue weighted by Crippen LogP contribution is 2.61. The van der Waals surface area contributed by atoms with Crippen LogP contribution in [0.25, 0.3) is 0 Å². The average molecular weight is 307 g/mol. The third-order valence-electron chi connectivity index (χ3n) is 4.78. The minimum atomic E-state index is -1.05. The molecule has 0 radical (unpaired) electrons. The summed E-state index contributed by atoms with van der Waals surface area (Å²) in [7, 11) is 0. The summed E-state index contributed by atoms with van der Waals surface area (Å²) >= 11 is 0. The van der Waals surface area contributed by atoms with Gasteiger partial charge >= 0.3 is 6.09 Å². The van der Waals surface area contributed by atoms with Gasteiger partial charge in [-0.05, 0) is 51.3 Å². The zero-order chi connectivity index (χ0) is 16.2. The van der Waals surface area contributed by atoms with Crippen molar-refractivity contribution in [1.82, 2.24) is 4.90 Å². The highest BCUT2D eigenvalue weighted by Gasteiger charge is 2.65. The van der Waals surface area contributed by atoms with Crippen LogP contribution in [0.5, 0.6) is 0 Å². The highest BCUT2D eigenvalue weighted by atomic mass is 19.1. The monoisotopic (exact) mass is 307 g/mol. The van der Waals surface area contributed by atoms with Gasteiger partial charge in [-0.3, -0.25) is 0 Å². The van der Waals surface area contributed by atoms with Crippen LogP contribution in [0.1, 0.15) is 39.2 Å². The molecule has 1 aliphatic carbocycles. The average Bonchev–Trinajstić information content (AvgIpc) is 2.32. The summed E-state index contributed by atoms with van der Waals surface area (Å²) in [4.78, 5) is 13.6. The first-order valence-electron chi connectivity index (χ1n) is 7.62. The van der Waals surface area contributed by atoms with Crippen LogP contribution in [0.15, 0.2) is 24.3 Å². The van der Waals surface area contributed by atoms with Crippen LogP contribution >= 0.6 is 0 Å². The number of amides is 1. The molecule has 1 saturated heterocycles. The number of hydrogen-bond acceptors (Lipinski definition) is 3. The molecule has 1 unspecified atom stereocenters. The topological polar surface area (TPSA) is 49.8 Å². The predicted octanol–water partition coefficient (Wildman–Crippen LogP) is 3.04. The maximum Gasteiger partial charge on any atom is 0.410 e. The van der Waals surface area contributed by atoms with Crippen LogP contribution in [-0.2, 0) is 10.3 Å². The second-order valence-electron chi connectivity index (χ2n) is 7.49. The van der Waals surface area contributed by atoms with E-state index < -0.39 is 11.2 Å². The summed E-state index contributed by atoms with van der Waals surface area (Å²) < 4.78 is 18.8. The minimum absolute atomic E-state index is 0.351. The highest BCUT2D eigenvalue weighted by molar-refractivity contribution is 5.70. The van der Waals surface area contributed by atoms with E-state index in [9.17, 15) is 14.3 Å². The lowest BCUT2D eigenvalue weighted by atomic mass is 9.50. The quantitative estimate of drug-likeness (QED) is 0.867. The summed E-state index contributed by atoms with van der Waals surface area (Å²) in [5.74, 6) is -0.351. The molecule has 1 atom stereocenters. The summed E-state index contributed by atoms with van der Waals surface area (Å²) in [6, 6.07) is 6.11. The van der Waals surface area contributed by atoms with E-state index >= 15 is 0 Å². The fraction of sp³-hybridized carbons (Fsp3) is 0.588. The van der Waals surface area contributed by atoms with Crippen molar-refractivity contribution in [1.29, 1.82) is 0 Å². The molecule has 1 aliphatic heterocycles. The molecule has 1 heterocycles. The van der Waals surface area contributed by atoms with Gasteiger partial charge in [0.25, 0.3) is 0 Å². The molecule has 0 bridgehead atoms. The zero-order valence-corrected chi connectivity index (χ0v) is 13.2. The molecule has 3 rings (SSSR count). The Balaban J connectivity index is 1.71. The van der Waals surface area contributed by atoms with Crippen LogP contribution < -0.4 is 0 Å². The molecular weight excluding hydrogens is 285 g/mol. The predicted molar refractivity (Wildman–Crippen MR) is 79.8 cm³/mol. The lowest BCUT2D eigenvalue weighted by molar-refractivity contribution is -0.233. The van der Waals surface area contributed by atoms with Crippen LogP contribution in [-0.4, -0.2) is 34.8 Å². The number of benzene rings is 1. The molecule has 22 heavy (non-hydrogen) atoms. The molecule has 1 aromatic carbocycles. The van der Waals surface area contributed by atoms with Gasteiger partial charge in [-0.1, -0.05) is 12.1 Å². The number of likely N-dealkylation sites (tertiary alicyclic amines) is 1. The van der Waals surface area contributed by atoms with Crippen molar-refractivity contribution >= 4 is 6.09 Å². The van der Waals surface area contributed by atoms with Gasteiger partial charge in [0.05, 0.1) is 5.60 Å². The van der Waals surface area contributed by atoms with Crippen molar-refractivity contribution < 1.29 is 19.0 Å². The van der Waals surface area contributed by atoms with E-state index in [4.69, 9.17) is 4.74 Å². The van der Waals surface area contributed by atoms with Crippen molar-refractivity contribution in [3.05, 3.63) is 35.6 Å². The van der Waals surface area contributed by atoms with E-state index in [1.165, 1.54) is 12.1 Å². The number of nitrogens with zero attached hydrogens (tertiary/aromatic N) is 1. The van der Waals surface area contributed by atoms with Crippen LogP contribution in [0.3, 0.4) is 0 Å². The summed E-state index contributed by atoms with van der Waals surface area (Å²) in [6.45, 7) is 6.39. The molecule has 5 heteroatoms. The number of ether oxygens (including phenoxy) is 1. The zero-order valence-electron chi connectivity index (χ0n) is 13.2. The molecular formula is C17H22FNO3. The number of carbonyl (C=O) groups excluding carboxylic acids is 1. The number of aliphatic hydroxyl groups is 1. The van der Waals surface area contributed by atoms with Crippen LogP contribution in [0.4, 0.5) is 9.18 Å². The second-order valence-corrected chi connectivity index (χ2v) is 7.49. The third-order valence-corrected chi connectivity index (χ3v) is 4.78. The Morgan fingerprint density at radius 3 is 2.50 bits per heavy atom. The maximum absolute atomic E-state index is 13.4. The second kappa shape index (κ2) is 4.69. The van der Waals surface area contributed by atoms with Gasteiger partial charge in [0, 0.05) is 18.5 Å². The van der Waals surface area contributed by atoms with E-state index in [1.54, 1.807) is 17.0 Å². The van der Waals surface area contributed by atoms with Gasteiger partial charge < -0.3 is 14.7 Å². The van der Waals surface area contributed by atoms with Crippen molar-refractivity contribution in [2.24, 2.45) is 5.41 Å². The van der Waals surface area contributed by atoms with Crippen molar-refractivity contribution in [3.8, 4) is 0 Å². The van der Waals surface area contributed by atoms with Gasteiger partial charge in [-0.2, -0.15) is 0 Å². The van der Waals surface area contributed by atoms with E-state index in [0.717, 1.165) is 6.42 Å². The third kappa shape index (κ3) is 2.28.